The molecule has 7 heteroatoms. The van der Waals surface area contributed by atoms with E-state index in [4.69, 9.17) is 9.47 Å². The normalized spacial score (nSPS) is 18.1. The highest BCUT2D eigenvalue weighted by Crippen LogP contribution is 2.51. The molecular weight excluding hydrogens is 348 g/mol. The second-order valence-corrected chi connectivity index (χ2v) is 8.48. The number of nitrogens with two attached hydrogens (primary N) is 1. The Morgan fingerprint density at radius 3 is 2.11 bits per heavy atom. The van der Waals surface area contributed by atoms with Crippen molar-refractivity contribution in [3.63, 3.8) is 0 Å². The Morgan fingerprint density at radius 2 is 1.67 bits per heavy atom. The first kappa shape index (κ1) is 19.6. The van der Waals surface area contributed by atoms with Crippen LogP contribution in [0.25, 0.3) is 0 Å². The number of hydrogen-bond acceptors (Lipinski definition) is 5. The molecule has 1 aromatic rings. The molecule has 0 radical (unpaired) electrons. The molecule has 0 aromatic heterocycles. The standard InChI is InChI=1S/C20H28N2O5/c1-20(2,3)27-19(24)21-17(16(12-4-5-12)13-6-7-13)18(23)26-15-10-8-14(22-25)9-11-15/h8-13,16-17H,4-7,22H2,1-3H3,(H,21,24)/t17-/m0/s1. The number of ether oxygens (including phenoxy) is 2. The van der Waals surface area contributed by atoms with Gasteiger partial charge in [0.15, 0.2) is 0 Å². The average molecular weight is 376 g/mol. The monoisotopic (exact) mass is 376 g/mol. The summed E-state index contributed by atoms with van der Waals surface area (Å²) >= 11 is 0. The van der Waals surface area contributed by atoms with Crippen molar-refractivity contribution < 1.29 is 24.5 Å². The molecule has 1 amide bonds. The Balaban J connectivity index is 1.73. The van der Waals surface area contributed by atoms with Gasteiger partial charge in [0.05, 0.1) is 0 Å². The van der Waals surface area contributed by atoms with Gasteiger partial charge in [-0.2, -0.15) is 0 Å². The van der Waals surface area contributed by atoms with E-state index in [9.17, 15) is 14.8 Å². The molecule has 148 valence electrons. The summed E-state index contributed by atoms with van der Waals surface area (Å²) in [6.07, 6.45) is 3.71. The minimum absolute atomic E-state index is 0.0827. The Bertz CT molecular complexity index is 663. The predicted molar refractivity (Wildman–Crippen MR) is 99.1 cm³/mol. The van der Waals surface area contributed by atoms with E-state index in [1.165, 1.54) is 0 Å². The van der Waals surface area contributed by atoms with Crippen LogP contribution in [0.4, 0.5) is 10.5 Å². The highest BCUT2D eigenvalue weighted by molar-refractivity contribution is 5.83. The van der Waals surface area contributed by atoms with Gasteiger partial charge < -0.3 is 25.5 Å². The maximum Gasteiger partial charge on any atom is 0.408 e. The van der Waals surface area contributed by atoms with Gasteiger partial charge in [-0.1, -0.05) is 0 Å². The number of hydrogen-bond donors (Lipinski definition) is 2. The average Bonchev–Trinajstić information content (AvgIpc) is 3.47. The number of quaternary nitrogens is 1. The summed E-state index contributed by atoms with van der Waals surface area (Å²) in [6.45, 7) is 5.36. The number of nitrogens with one attached hydrogen (secondary N) is 1. The number of esters is 1. The van der Waals surface area contributed by atoms with Gasteiger partial charge in [-0.25, -0.2) is 9.59 Å². The molecule has 0 heterocycles. The lowest BCUT2D eigenvalue weighted by Gasteiger charge is -2.28. The summed E-state index contributed by atoms with van der Waals surface area (Å²) in [7, 11) is 0. The number of rotatable bonds is 7. The molecule has 2 aliphatic carbocycles. The molecule has 0 unspecified atom stereocenters. The first-order chi connectivity index (χ1) is 12.8. The molecule has 1 aromatic carbocycles. The lowest BCUT2D eigenvalue weighted by molar-refractivity contribution is -0.497. The zero-order valence-corrected chi connectivity index (χ0v) is 16.1. The highest BCUT2D eigenvalue weighted by Gasteiger charge is 2.49. The fourth-order valence-corrected chi connectivity index (χ4v) is 3.43. The molecule has 0 aliphatic heterocycles. The van der Waals surface area contributed by atoms with Crippen LogP contribution in [0.1, 0.15) is 46.5 Å². The summed E-state index contributed by atoms with van der Waals surface area (Å²) in [5, 5.41) is 13.5. The highest BCUT2D eigenvalue weighted by atomic mass is 16.6. The van der Waals surface area contributed by atoms with Crippen LogP contribution in [0.2, 0.25) is 0 Å². The molecule has 0 saturated heterocycles. The summed E-state index contributed by atoms with van der Waals surface area (Å²) in [5.74, 6) is 0.847. The van der Waals surface area contributed by atoms with Crippen molar-refractivity contribution >= 4 is 17.7 Å². The number of carbonyl (C=O) groups excluding carboxylic acids is 2. The molecule has 3 N–H and O–H groups in total. The summed E-state index contributed by atoms with van der Waals surface area (Å²) in [5.41, 5.74) is 0.596. The maximum atomic E-state index is 12.9. The first-order valence-corrected chi connectivity index (χ1v) is 9.53. The predicted octanol–water partition coefficient (Wildman–Crippen LogP) is 2.61. The van der Waals surface area contributed by atoms with E-state index in [1.807, 2.05) is 0 Å². The van der Waals surface area contributed by atoms with Crippen LogP contribution in [0.5, 0.6) is 5.75 Å². The van der Waals surface area contributed by atoms with E-state index in [2.05, 4.69) is 5.32 Å². The van der Waals surface area contributed by atoms with Crippen molar-refractivity contribution in [1.29, 1.82) is 0 Å². The first-order valence-electron chi connectivity index (χ1n) is 9.53. The summed E-state index contributed by atoms with van der Waals surface area (Å²) in [6, 6.07) is 5.60. The van der Waals surface area contributed by atoms with Gasteiger partial charge in [-0.05, 0) is 76.3 Å². The van der Waals surface area contributed by atoms with E-state index >= 15 is 0 Å². The molecule has 0 bridgehead atoms. The van der Waals surface area contributed by atoms with Crippen LogP contribution >= 0.6 is 0 Å². The van der Waals surface area contributed by atoms with E-state index in [0.29, 0.717) is 23.3 Å². The Morgan fingerprint density at radius 1 is 1.11 bits per heavy atom. The fourth-order valence-electron chi connectivity index (χ4n) is 3.43. The van der Waals surface area contributed by atoms with E-state index in [1.54, 1.807) is 45.0 Å². The number of benzene rings is 1. The van der Waals surface area contributed by atoms with Gasteiger partial charge in [0, 0.05) is 12.1 Å². The van der Waals surface area contributed by atoms with Crippen molar-refractivity contribution in [2.75, 3.05) is 0 Å². The van der Waals surface area contributed by atoms with Crippen LogP contribution in [0.3, 0.4) is 0 Å². The van der Waals surface area contributed by atoms with Crippen molar-refractivity contribution in [3.05, 3.63) is 29.5 Å². The smallest absolute Gasteiger partial charge is 0.408 e. The van der Waals surface area contributed by atoms with Crippen molar-refractivity contribution in [1.82, 2.24) is 5.32 Å². The molecule has 2 aliphatic rings. The third-order valence-corrected chi connectivity index (χ3v) is 4.88. The van der Waals surface area contributed by atoms with Crippen LogP contribution < -0.4 is 15.5 Å². The fraction of sp³-hybridized carbons (Fsp3) is 0.600. The third-order valence-electron chi connectivity index (χ3n) is 4.88. The van der Waals surface area contributed by atoms with Gasteiger partial charge in [0.25, 0.3) is 0 Å². The molecule has 2 saturated carbocycles. The second-order valence-electron chi connectivity index (χ2n) is 8.48. The number of alkyl carbamates (subject to hydrolysis) is 1. The minimum Gasteiger partial charge on any atom is -0.630 e. The maximum absolute atomic E-state index is 12.9. The zero-order chi connectivity index (χ0) is 19.6. The summed E-state index contributed by atoms with van der Waals surface area (Å²) in [4.78, 5) is 25.2. The largest absolute Gasteiger partial charge is 0.630 e. The Kier molecular flexibility index (Phi) is 5.72. The van der Waals surface area contributed by atoms with Crippen LogP contribution in [-0.2, 0) is 9.53 Å². The van der Waals surface area contributed by atoms with Gasteiger partial charge in [0.2, 0.25) is 0 Å². The van der Waals surface area contributed by atoms with Crippen LogP contribution in [0.15, 0.2) is 24.3 Å². The number of amides is 1. The van der Waals surface area contributed by atoms with Crippen LogP contribution in [0, 0.1) is 23.0 Å². The molecule has 7 nitrogen and oxygen atoms in total. The molecule has 2 fully saturated rings. The molecule has 0 spiro atoms. The lowest BCUT2D eigenvalue weighted by Crippen LogP contribution is -2.70. The van der Waals surface area contributed by atoms with Crippen molar-refractivity contribution in [3.8, 4) is 5.75 Å². The lowest BCUT2D eigenvalue weighted by atomic mass is 9.89. The van der Waals surface area contributed by atoms with Gasteiger partial charge >= 0.3 is 12.1 Å². The van der Waals surface area contributed by atoms with E-state index in [-0.39, 0.29) is 5.92 Å². The van der Waals surface area contributed by atoms with Crippen LogP contribution in [-0.4, -0.2) is 23.7 Å². The quantitative estimate of drug-likeness (QED) is 0.329. The van der Waals surface area contributed by atoms with E-state index in [0.717, 1.165) is 31.2 Å². The van der Waals surface area contributed by atoms with Crippen molar-refractivity contribution in [2.45, 2.75) is 58.1 Å². The zero-order valence-electron chi connectivity index (χ0n) is 16.1. The van der Waals surface area contributed by atoms with Gasteiger partial charge in [-0.15, -0.1) is 0 Å². The molecule has 1 atom stereocenters. The third kappa shape index (κ3) is 5.68. The SMILES string of the molecule is CC(C)(C)OC(=O)N[C@H](C(=O)Oc1ccc([NH2+][O-])cc1)C(C1CC1)C1CC1. The second kappa shape index (κ2) is 7.86. The minimum atomic E-state index is -0.731. The molecule has 27 heavy (non-hydrogen) atoms. The summed E-state index contributed by atoms with van der Waals surface area (Å²) < 4.78 is 10.9. The Hall–Kier alpha value is -2.12. The Labute approximate surface area is 159 Å². The van der Waals surface area contributed by atoms with Gasteiger partial charge in [0.1, 0.15) is 23.1 Å². The van der Waals surface area contributed by atoms with E-state index < -0.39 is 23.7 Å². The molecular formula is C20H28N2O5. The van der Waals surface area contributed by atoms with Gasteiger partial charge in [-0.3, -0.25) is 0 Å². The van der Waals surface area contributed by atoms with Crippen molar-refractivity contribution in [2.24, 2.45) is 17.8 Å². The molecule has 3 rings (SSSR count). The topological polar surface area (TPSA) is 104 Å². The number of carbonyl (C=O) groups is 2.